The highest BCUT2D eigenvalue weighted by molar-refractivity contribution is 9.09. The summed E-state index contributed by atoms with van der Waals surface area (Å²) in [6.45, 7) is 1.23. The first kappa shape index (κ1) is 12.5. The number of hydrogen-bond donors (Lipinski definition) is 0. The number of benzene rings is 1. The van der Waals surface area contributed by atoms with Crippen molar-refractivity contribution in [2.45, 2.75) is 11.2 Å². The van der Waals surface area contributed by atoms with Gasteiger partial charge in [-0.3, -0.25) is 4.98 Å². The Morgan fingerprint density at radius 3 is 2.74 bits per heavy atom. The van der Waals surface area contributed by atoms with Gasteiger partial charge >= 0.3 is 0 Å². The molecule has 19 heavy (non-hydrogen) atoms. The molecule has 0 amide bonds. The van der Waals surface area contributed by atoms with Gasteiger partial charge < -0.3 is 9.47 Å². The van der Waals surface area contributed by atoms with Crippen LogP contribution in [0, 0.1) is 0 Å². The van der Waals surface area contributed by atoms with E-state index in [-0.39, 0.29) is 4.83 Å². The van der Waals surface area contributed by atoms with Crippen LogP contribution in [0.2, 0.25) is 0 Å². The fraction of sp³-hybridized carbons (Fsp3) is 0.267. The van der Waals surface area contributed by atoms with Crippen molar-refractivity contribution in [2.24, 2.45) is 0 Å². The molecule has 2 heterocycles. The number of aromatic nitrogens is 1. The Morgan fingerprint density at radius 1 is 1.11 bits per heavy atom. The minimum absolute atomic E-state index is 0.201. The Morgan fingerprint density at radius 2 is 1.89 bits per heavy atom. The van der Waals surface area contributed by atoms with Crippen molar-refractivity contribution >= 4 is 15.9 Å². The molecular formula is C15H14BrNO2. The first-order valence-corrected chi connectivity index (χ1v) is 7.17. The largest absolute Gasteiger partial charge is 0.486 e. The number of nitrogens with zero attached hydrogens (tertiary/aromatic N) is 1. The highest BCUT2D eigenvalue weighted by atomic mass is 79.9. The van der Waals surface area contributed by atoms with Crippen LogP contribution in [-0.4, -0.2) is 18.2 Å². The molecule has 2 aromatic rings. The van der Waals surface area contributed by atoms with E-state index >= 15 is 0 Å². The van der Waals surface area contributed by atoms with Crippen LogP contribution >= 0.6 is 15.9 Å². The molecule has 1 aliphatic heterocycles. The first-order chi connectivity index (χ1) is 9.34. The maximum atomic E-state index is 5.75. The maximum Gasteiger partial charge on any atom is 0.165 e. The van der Waals surface area contributed by atoms with Crippen molar-refractivity contribution in [3.63, 3.8) is 0 Å². The Hall–Kier alpha value is -1.55. The molecular weight excluding hydrogens is 306 g/mol. The maximum absolute atomic E-state index is 5.75. The van der Waals surface area contributed by atoms with Gasteiger partial charge in [0, 0.05) is 22.8 Å². The smallest absolute Gasteiger partial charge is 0.165 e. The van der Waals surface area contributed by atoms with Crippen LogP contribution in [0.3, 0.4) is 0 Å². The third-order valence-corrected chi connectivity index (χ3v) is 3.92. The molecule has 0 fully saturated rings. The summed E-state index contributed by atoms with van der Waals surface area (Å²) < 4.78 is 11.4. The van der Waals surface area contributed by atoms with Crippen molar-refractivity contribution in [3.8, 4) is 11.5 Å². The number of pyridine rings is 1. The minimum atomic E-state index is 0.201. The second-order valence-corrected chi connectivity index (χ2v) is 5.50. The van der Waals surface area contributed by atoms with Crippen LogP contribution in [0.15, 0.2) is 42.7 Å². The Kier molecular flexibility index (Phi) is 3.69. The zero-order chi connectivity index (χ0) is 13.1. The van der Waals surface area contributed by atoms with Crippen molar-refractivity contribution in [3.05, 3.63) is 53.9 Å². The van der Waals surface area contributed by atoms with E-state index < -0.39 is 0 Å². The first-order valence-electron chi connectivity index (χ1n) is 6.26. The molecule has 1 aromatic heterocycles. The average molecular weight is 320 g/mol. The molecule has 0 radical (unpaired) electrons. The summed E-state index contributed by atoms with van der Waals surface area (Å²) in [4.78, 5) is 4.24. The highest BCUT2D eigenvalue weighted by Crippen LogP contribution is 2.41. The van der Waals surface area contributed by atoms with Crippen LogP contribution < -0.4 is 9.47 Å². The van der Waals surface area contributed by atoms with Gasteiger partial charge in [0.2, 0.25) is 0 Å². The lowest BCUT2D eigenvalue weighted by molar-refractivity contribution is 0.170. The van der Waals surface area contributed by atoms with Crippen LogP contribution in [0.5, 0.6) is 11.5 Å². The van der Waals surface area contributed by atoms with Crippen LogP contribution in [-0.2, 0) is 6.42 Å². The number of halogens is 1. The van der Waals surface area contributed by atoms with Gasteiger partial charge in [-0.15, -0.1) is 0 Å². The van der Waals surface area contributed by atoms with Crippen molar-refractivity contribution in [2.75, 3.05) is 13.2 Å². The Labute approximate surface area is 120 Å². The second kappa shape index (κ2) is 5.61. The van der Waals surface area contributed by atoms with Crippen LogP contribution in [0.25, 0.3) is 0 Å². The van der Waals surface area contributed by atoms with Crippen LogP contribution in [0.4, 0.5) is 0 Å². The van der Waals surface area contributed by atoms with Gasteiger partial charge in [-0.2, -0.15) is 0 Å². The number of hydrogen-bond acceptors (Lipinski definition) is 3. The number of alkyl halides is 1. The van der Waals surface area contributed by atoms with Gasteiger partial charge in [-0.1, -0.05) is 28.1 Å². The summed E-state index contributed by atoms with van der Waals surface area (Å²) in [6.07, 6.45) is 4.52. The van der Waals surface area contributed by atoms with E-state index in [4.69, 9.17) is 9.47 Å². The summed E-state index contributed by atoms with van der Waals surface area (Å²) >= 11 is 3.75. The standard InChI is InChI=1S/C15H14BrNO2/c16-13(10-11-4-6-17-7-5-11)12-2-1-3-14-15(12)19-9-8-18-14/h1-7,13H,8-10H2. The second-order valence-electron chi connectivity index (χ2n) is 4.40. The summed E-state index contributed by atoms with van der Waals surface area (Å²) in [5.41, 5.74) is 2.38. The van der Waals surface area contributed by atoms with Crippen molar-refractivity contribution in [1.29, 1.82) is 0 Å². The Balaban J connectivity index is 1.86. The molecule has 3 rings (SSSR count). The summed E-state index contributed by atoms with van der Waals surface area (Å²) in [7, 11) is 0. The molecule has 0 N–H and O–H groups in total. The molecule has 0 bridgehead atoms. The van der Waals surface area contributed by atoms with E-state index in [0.717, 1.165) is 23.5 Å². The van der Waals surface area contributed by atoms with E-state index in [1.165, 1.54) is 5.56 Å². The lowest BCUT2D eigenvalue weighted by Crippen LogP contribution is -2.17. The van der Waals surface area contributed by atoms with Crippen molar-refractivity contribution in [1.82, 2.24) is 4.98 Å². The average Bonchev–Trinajstić information content (AvgIpc) is 2.47. The van der Waals surface area contributed by atoms with E-state index in [0.29, 0.717) is 13.2 Å². The van der Waals surface area contributed by atoms with Gasteiger partial charge in [0.05, 0.1) is 0 Å². The molecule has 98 valence electrons. The number of rotatable bonds is 3. The molecule has 3 nitrogen and oxygen atoms in total. The van der Waals surface area contributed by atoms with Crippen molar-refractivity contribution < 1.29 is 9.47 Å². The van der Waals surface area contributed by atoms with Gasteiger partial charge in [-0.05, 0) is 30.2 Å². The Bertz CT molecular complexity index is 559. The topological polar surface area (TPSA) is 31.4 Å². The zero-order valence-electron chi connectivity index (χ0n) is 10.4. The monoisotopic (exact) mass is 319 g/mol. The van der Waals surface area contributed by atoms with Gasteiger partial charge in [-0.25, -0.2) is 0 Å². The quantitative estimate of drug-likeness (QED) is 0.811. The fourth-order valence-electron chi connectivity index (χ4n) is 2.18. The molecule has 0 spiro atoms. The molecule has 1 aromatic carbocycles. The lowest BCUT2D eigenvalue weighted by Gasteiger charge is -2.23. The molecule has 4 heteroatoms. The van der Waals surface area contributed by atoms with Gasteiger partial charge in [0.1, 0.15) is 13.2 Å². The SMILES string of the molecule is BrC(Cc1ccncc1)c1cccc2c1OCCO2. The predicted octanol–water partition coefficient (Wildman–Crippen LogP) is 3.53. The summed E-state index contributed by atoms with van der Waals surface area (Å²) in [5, 5.41) is 0. The number of para-hydroxylation sites is 1. The normalized spacial score (nSPS) is 15.0. The zero-order valence-corrected chi connectivity index (χ0v) is 12.0. The van der Waals surface area contributed by atoms with Crippen LogP contribution in [0.1, 0.15) is 16.0 Å². The third kappa shape index (κ3) is 2.73. The minimum Gasteiger partial charge on any atom is -0.486 e. The lowest BCUT2D eigenvalue weighted by atomic mass is 10.0. The predicted molar refractivity (Wildman–Crippen MR) is 77.0 cm³/mol. The summed E-state index contributed by atoms with van der Waals surface area (Å²) in [5.74, 6) is 1.70. The van der Waals surface area contributed by atoms with E-state index in [2.05, 4.69) is 27.0 Å². The van der Waals surface area contributed by atoms with Gasteiger partial charge in [0.25, 0.3) is 0 Å². The molecule has 1 unspecified atom stereocenters. The fourth-order valence-corrected chi connectivity index (χ4v) is 2.91. The van der Waals surface area contributed by atoms with E-state index in [9.17, 15) is 0 Å². The highest BCUT2D eigenvalue weighted by Gasteiger charge is 2.20. The molecule has 0 saturated carbocycles. The third-order valence-electron chi connectivity index (χ3n) is 3.10. The number of ether oxygens (including phenoxy) is 2. The molecule has 1 aliphatic rings. The molecule has 1 atom stereocenters. The molecule has 0 aliphatic carbocycles. The van der Waals surface area contributed by atoms with Gasteiger partial charge in [0.15, 0.2) is 11.5 Å². The summed E-state index contributed by atoms with van der Waals surface area (Å²) in [6, 6.07) is 10.1. The molecule has 0 saturated heterocycles. The number of fused-ring (bicyclic) bond motifs is 1. The van der Waals surface area contributed by atoms with E-state index in [1.807, 2.05) is 36.7 Å². The van der Waals surface area contributed by atoms with E-state index in [1.54, 1.807) is 0 Å².